The molecule has 1 saturated heterocycles. The summed E-state index contributed by atoms with van der Waals surface area (Å²) < 4.78 is 0. The Hall–Kier alpha value is -1.06. The third kappa shape index (κ3) is 3.45. The lowest BCUT2D eigenvalue weighted by Gasteiger charge is -2.24. The van der Waals surface area contributed by atoms with E-state index in [2.05, 4.69) is 36.4 Å². The first kappa shape index (κ1) is 14.0. The molecule has 0 saturated carbocycles. The second-order valence-corrected chi connectivity index (χ2v) is 5.20. The summed E-state index contributed by atoms with van der Waals surface area (Å²) in [6.07, 6.45) is 3.85. The molecule has 4 heteroatoms. The van der Waals surface area contributed by atoms with Gasteiger partial charge in [0.25, 0.3) is 5.91 Å². The fourth-order valence-corrected chi connectivity index (χ4v) is 1.98. The van der Waals surface area contributed by atoms with Gasteiger partial charge in [0, 0.05) is 6.54 Å². The SMILES string of the molecule is CCCCC1(CC)NC(=NCC(C)C)NC1=O. The van der Waals surface area contributed by atoms with Gasteiger partial charge >= 0.3 is 0 Å². The van der Waals surface area contributed by atoms with Gasteiger partial charge < -0.3 is 5.32 Å². The average Bonchev–Trinajstić information content (AvgIpc) is 2.61. The summed E-state index contributed by atoms with van der Waals surface area (Å²) in [6.45, 7) is 9.17. The molecule has 1 amide bonds. The molecule has 0 aromatic rings. The van der Waals surface area contributed by atoms with Gasteiger partial charge in [-0.15, -0.1) is 0 Å². The standard InChI is InChI=1S/C13H25N3O/c1-5-7-8-13(6-2)11(17)15-12(16-13)14-9-10(3)4/h10H,5-9H2,1-4H3,(H2,14,15,16,17). The first-order valence-electron chi connectivity index (χ1n) is 6.68. The largest absolute Gasteiger partial charge is 0.342 e. The second kappa shape index (κ2) is 6.03. The maximum absolute atomic E-state index is 12.0. The Morgan fingerprint density at radius 2 is 2.06 bits per heavy atom. The number of nitrogens with zero attached hydrogens (tertiary/aromatic N) is 1. The Kier molecular flexibility index (Phi) is 4.97. The maximum atomic E-state index is 12.0. The third-order valence-electron chi connectivity index (χ3n) is 3.20. The van der Waals surface area contributed by atoms with Gasteiger partial charge in [0.2, 0.25) is 0 Å². The van der Waals surface area contributed by atoms with Crippen LogP contribution in [0.1, 0.15) is 53.4 Å². The monoisotopic (exact) mass is 239 g/mol. The molecule has 1 heterocycles. The van der Waals surface area contributed by atoms with Crippen LogP contribution in [0.5, 0.6) is 0 Å². The van der Waals surface area contributed by atoms with Gasteiger partial charge in [-0.3, -0.25) is 15.1 Å². The molecule has 0 bridgehead atoms. The van der Waals surface area contributed by atoms with Crippen molar-refractivity contribution in [2.75, 3.05) is 6.54 Å². The Balaban J connectivity index is 2.69. The van der Waals surface area contributed by atoms with Crippen LogP contribution in [-0.4, -0.2) is 24.0 Å². The van der Waals surface area contributed by atoms with Crippen LogP contribution in [0.2, 0.25) is 0 Å². The van der Waals surface area contributed by atoms with E-state index in [1.165, 1.54) is 0 Å². The molecule has 98 valence electrons. The van der Waals surface area contributed by atoms with Crippen LogP contribution in [0.25, 0.3) is 0 Å². The fraction of sp³-hybridized carbons (Fsp3) is 0.846. The highest BCUT2D eigenvalue weighted by Gasteiger charge is 2.42. The molecule has 2 N–H and O–H groups in total. The fourth-order valence-electron chi connectivity index (χ4n) is 1.98. The number of carbonyl (C=O) groups is 1. The van der Waals surface area contributed by atoms with Gasteiger partial charge in [-0.2, -0.15) is 0 Å². The number of hydrogen-bond acceptors (Lipinski definition) is 2. The van der Waals surface area contributed by atoms with Crippen LogP contribution in [0.3, 0.4) is 0 Å². The average molecular weight is 239 g/mol. The number of carbonyl (C=O) groups excluding carboxylic acids is 1. The van der Waals surface area contributed by atoms with Crippen molar-refractivity contribution in [2.45, 2.75) is 58.9 Å². The van der Waals surface area contributed by atoms with E-state index in [0.717, 1.165) is 32.2 Å². The summed E-state index contributed by atoms with van der Waals surface area (Å²) in [7, 11) is 0. The zero-order valence-corrected chi connectivity index (χ0v) is 11.5. The van der Waals surface area contributed by atoms with E-state index in [4.69, 9.17) is 0 Å². The Labute approximate surface area is 104 Å². The first-order valence-corrected chi connectivity index (χ1v) is 6.68. The molecule has 1 atom stereocenters. The van der Waals surface area contributed by atoms with E-state index < -0.39 is 5.54 Å². The molecule has 0 spiro atoms. The predicted octanol–water partition coefficient (Wildman–Crippen LogP) is 2.06. The normalized spacial score (nSPS) is 26.4. The Morgan fingerprint density at radius 3 is 2.59 bits per heavy atom. The molecule has 0 radical (unpaired) electrons. The van der Waals surface area contributed by atoms with Crippen molar-refractivity contribution in [3.63, 3.8) is 0 Å². The summed E-state index contributed by atoms with van der Waals surface area (Å²) in [5, 5.41) is 6.14. The van der Waals surface area contributed by atoms with Crippen LogP contribution in [0, 0.1) is 5.92 Å². The molecule has 1 aliphatic rings. The number of unbranched alkanes of at least 4 members (excludes halogenated alkanes) is 1. The molecule has 1 unspecified atom stereocenters. The predicted molar refractivity (Wildman–Crippen MR) is 71.0 cm³/mol. The smallest absolute Gasteiger partial charge is 0.252 e. The van der Waals surface area contributed by atoms with Crippen molar-refractivity contribution in [1.29, 1.82) is 0 Å². The highest BCUT2D eigenvalue weighted by atomic mass is 16.2. The molecule has 0 aliphatic carbocycles. The van der Waals surface area contributed by atoms with E-state index in [9.17, 15) is 4.79 Å². The minimum Gasteiger partial charge on any atom is -0.342 e. The van der Waals surface area contributed by atoms with Gasteiger partial charge in [-0.05, 0) is 18.8 Å². The van der Waals surface area contributed by atoms with Crippen LogP contribution in [-0.2, 0) is 4.79 Å². The molecule has 4 nitrogen and oxygen atoms in total. The quantitative estimate of drug-likeness (QED) is 0.745. The van der Waals surface area contributed by atoms with E-state index in [-0.39, 0.29) is 5.91 Å². The summed E-state index contributed by atoms with van der Waals surface area (Å²) in [6, 6.07) is 0. The third-order valence-corrected chi connectivity index (χ3v) is 3.20. The van der Waals surface area contributed by atoms with Crippen molar-refractivity contribution in [1.82, 2.24) is 10.6 Å². The summed E-state index contributed by atoms with van der Waals surface area (Å²) in [5.74, 6) is 1.24. The molecular formula is C13H25N3O. The summed E-state index contributed by atoms with van der Waals surface area (Å²) in [5.41, 5.74) is -0.425. The molecular weight excluding hydrogens is 214 g/mol. The minimum atomic E-state index is -0.425. The zero-order chi connectivity index (χ0) is 12.9. The molecule has 0 aromatic carbocycles. The summed E-state index contributed by atoms with van der Waals surface area (Å²) in [4.78, 5) is 16.4. The maximum Gasteiger partial charge on any atom is 0.252 e. The van der Waals surface area contributed by atoms with Crippen LogP contribution < -0.4 is 10.6 Å². The molecule has 0 aromatic heterocycles. The lowest BCUT2D eigenvalue weighted by Crippen LogP contribution is -2.46. The van der Waals surface area contributed by atoms with Crippen molar-refractivity contribution in [2.24, 2.45) is 10.9 Å². The Bertz CT molecular complexity index is 299. The number of nitrogens with one attached hydrogen (secondary N) is 2. The Morgan fingerprint density at radius 1 is 1.35 bits per heavy atom. The zero-order valence-electron chi connectivity index (χ0n) is 11.5. The van der Waals surface area contributed by atoms with Gasteiger partial charge in [-0.1, -0.05) is 40.5 Å². The first-order chi connectivity index (χ1) is 8.04. The van der Waals surface area contributed by atoms with Gasteiger partial charge in [-0.25, -0.2) is 0 Å². The van der Waals surface area contributed by atoms with Crippen molar-refractivity contribution < 1.29 is 4.79 Å². The van der Waals surface area contributed by atoms with E-state index in [0.29, 0.717) is 11.9 Å². The number of guanidine groups is 1. The highest BCUT2D eigenvalue weighted by Crippen LogP contribution is 2.22. The summed E-state index contributed by atoms with van der Waals surface area (Å²) >= 11 is 0. The van der Waals surface area contributed by atoms with Gasteiger partial charge in [0.15, 0.2) is 5.96 Å². The minimum absolute atomic E-state index is 0.0796. The van der Waals surface area contributed by atoms with E-state index >= 15 is 0 Å². The van der Waals surface area contributed by atoms with Crippen LogP contribution in [0.15, 0.2) is 4.99 Å². The van der Waals surface area contributed by atoms with Crippen molar-refractivity contribution >= 4 is 11.9 Å². The highest BCUT2D eigenvalue weighted by molar-refractivity contribution is 6.08. The van der Waals surface area contributed by atoms with E-state index in [1.54, 1.807) is 0 Å². The lowest BCUT2D eigenvalue weighted by atomic mass is 9.90. The number of amides is 1. The van der Waals surface area contributed by atoms with Gasteiger partial charge in [0.05, 0.1) is 0 Å². The van der Waals surface area contributed by atoms with Crippen LogP contribution in [0.4, 0.5) is 0 Å². The topological polar surface area (TPSA) is 53.5 Å². The molecule has 1 fully saturated rings. The van der Waals surface area contributed by atoms with E-state index in [1.807, 2.05) is 6.92 Å². The van der Waals surface area contributed by atoms with Crippen LogP contribution >= 0.6 is 0 Å². The number of rotatable bonds is 6. The number of aliphatic imine (C=N–C) groups is 1. The van der Waals surface area contributed by atoms with Crippen molar-refractivity contribution in [3.05, 3.63) is 0 Å². The molecule has 1 rings (SSSR count). The van der Waals surface area contributed by atoms with Crippen molar-refractivity contribution in [3.8, 4) is 0 Å². The van der Waals surface area contributed by atoms with Gasteiger partial charge in [0.1, 0.15) is 5.54 Å². The number of hydrogen-bond donors (Lipinski definition) is 2. The molecule has 1 aliphatic heterocycles. The second-order valence-electron chi connectivity index (χ2n) is 5.20. The lowest BCUT2D eigenvalue weighted by molar-refractivity contribution is -0.124. The molecule has 17 heavy (non-hydrogen) atoms.